The van der Waals surface area contributed by atoms with E-state index in [9.17, 15) is 19.7 Å². The van der Waals surface area contributed by atoms with Gasteiger partial charge in [0.15, 0.2) is 0 Å². The van der Waals surface area contributed by atoms with Crippen molar-refractivity contribution in [1.29, 1.82) is 0 Å². The number of carbonyl (C=O) groups is 2. The van der Waals surface area contributed by atoms with Crippen LogP contribution in [0, 0.1) is 17.0 Å². The second-order valence-corrected chi connectivity index (χ2v) is 5.22. The number of hydrogen-bond acceptors (Lipinski definition) is 6. The smallest absolute Gasteiger partial charge is 0.339 e. The van der Waals surface area contributed by atoms with Gasteiger partial charge >= 0.3 is 11.9 Å². The summed E-state index contributed by atoms with van der Waals surface area (Å²) in [6.07, 6.45) is 0. The first-order valence-electron chi connectivity index (χ1n) is 7.61. The van der Waals surface area contributed by atoms with Gasteiger partial charge in [-0.25, -0.2) is 9.59 Å². The Morgan fingerprint density at radius 3 is 2.16 bits per heavy atom. The molecule has 25 heavy (non-hydrogen) atoms. The van der Waals surface area contributed by atoms with Gasteiger partial charge in [-0.05, 0) is 43.7 Å². The molecule has 0 N–H and O–H groups in total. The van der Waals surface area contributed by atoms with Gasteiger partial charge in [-0.15, -0.1) is 0 Å². The van der Waals surface area contributed by atoms with Crippen molar-refractivity contribution in [2.45, 2.75) is 20.5 Å². The lowest BCUT2D eigenvalue weighted by Gasteiger charge is -2.09. The molecule has 0 saturated heterocycles. The van der Waals surface area contributed by atoms with E-state index in [4.69, 9.17) is 9.47 Å². The zero-order chi connectivity index (χ0) is 18.4. The number of nitro benzene ring substituents is 1. The molecule has 0 saturated carbocycles. The number of nitro groups is 1. The first-order valence-corrected chi connectivity index (χ1v) is 7.61. The van der Waals surface area contributed by atoms with Gasteiger partial charge in [-0.2, -0.15) is 0 Å². The van der Waals surface area contributed by atoms with Crippen LogP contribution in [0.4, 0.5) is 5.69 Å². The summed E-state index contributed by atoms with van der Waals surface area (Å²) in [6, 6.07) is 10.7. The molecule has 0 unspecified atom stereocenters. The molecule has 0 aliphatic rings. The number of carbonyl (C=O) groups excluding carboxylic acids is 2. The maximum absolute atomic E-state index is 12.3. The van der Waals surface area contributed by atoms with E-state index in [2.05, 4.69) is 0 Å². The van der Waals surface area contributed by atoms with Gasteiger partial charge in [0.2, 0.25) is 0 Å². The molecule has 2 rings (SSSR count). The van der Waals surface area contributed by atoms with Crippen LogP contribution in [0.1, 0.15) is 38.8 Å². The van der Waals surface area contributed by atoms with Crippen LogP contribution in [0.2, 0.25) is 0 Å². The molecular formula is C18H17NO6. The molecule has 0 radical (unpaired) electrons. The predicted octanol–water partition coefficient (Wildman–Crippen LogP) is 3.44. The van der Waals surface area contributed by atoms with Gasteiger partial charge in [0.25, 0.3) is 5.69 Å². The van der Waals surface area contributed by atoms with Gasteiger partial charge in [-0.3, -0.25) is 10.1 Å². The first kappa shape index (κ1) is 18.1. The lowest BCUT2D eigenvalue weighted by Crippen LogP contribution is -2.14. The third-order valence-electron chi connectivity index (χ3n) is 3.47. The number of hydrogen-bond donors (Lipinski definition) is 0. The Balaban J connectivity index is 2.12. The molecule has 0 atom stereocenters. The van der Waals surface area contributed by atoms with Gasteiger partial charge < -0.3 is 9.47 Å². The van der Waals surface area contributed by atoms with E-state index in [1.807, 2.05) is 0 Å². The quantitative estimate of drug-likeness (QED) is 0.453. The van der Waals surface area contributed by atoms with Crippen LogP contribution in [0.3, 0.4) is 0 Å². The molecule has 0 aliphatic carbocycles. The van der Waals surface area contributed by atoms with Crippen molar-refractivity contribution in [3.8, 4) is 0 Å². The minimum atomic E-state index is -0.667. The summed E-state index contributed by atoms with van der Waals surface area (Å²) in [6.45, 7) is 3.42. The molecule has 0 aromatic heterocycles. The van der Waals surface area contributed by atoms with Crippen LogP contribution in [0.15, 0.2) is 42.5 Å². The highest BCUT2D eigenvalue weighted by molar-refractivity contribution is 6.03. The maximum Gasteiger partial charge on any atom is 0.339 e. The molecule has 0 spiro atoms. The summed E-state index contributed by atoms with van der Waals surface area (Å²) < 4.78 is 10.1. The molecule has 0 aliphatic heterocycles. The summed E-state index contributed by atoms with van der Waals surface area (Å²) >= 11 is 0. The number of rotatable bonds is 6. The average molecular weight is 343 g/mol. The normalized spacial score (nSPS) is 10.2. The molecule has 2 aromatic rings. The Kier molecular flexibility index (Phi) is 5.84. The highest BCUT2D eigenvalue weighted by Crippen LogP contribution is 2.20. The molecule has 0 fully saturated rings. The van der Waals surface area contributed by atoms with Crippen LogP contribution in [0.25, 0.3) is 0 Å². The van der Waals surface area contributed by atoms with E-state index in [0.717, 1.165) is 0 Å². The van der Waals surface area contributed by atoms with Crippen LogP contribution in [0.5, 0.6) is 0 Å². The zero-order valence-corrected chi connectivity index (χ0v) is 13.9. The molecule has 7 heteroatoms. The van der Waals surface area contributed by atoms with Crippen molar-refractivity contribution in [2.24, 2.45) is 0 Å². The van der Waals surface area contributed by atoms with Crippen molar-refractivity contribution in [2.75, 3.05) is 6.61 Å². The van der Waals surface area contributed by atoms with Crippen LogP contribution in [-0.2, 0) is 16.1 Å². The fourth-order valence-corrected chi connectivity index (χ4v) is 2.29. The number of esters is 2. The minimum absolute atomic E-state index is 0.00253. The second kappa shape index (κ2) is 8.05. The van der Waals surface area contributed by atoms with Crippen molar-refractivity contribution < 1.29 is 24.0 Å². The van der Waals surface area contributed by atoms with Crippen molar-refractivity contribution in [1.82, 2.24) is 0 Å². The van der Waals surface area contributed by atoms with E-state index in [-0.39, 0.29) is 30.0 Å². The zero-order valence-electron chi connectivity index (χ0n) is 13.9. The largest absolute Gasteiger partial charge is 0.462 e. The Morgan fingerprint density at radius 2 is 1.64 bits per heavy atom. The molecule has 130 valence electrons. The predicted molar refractivity (Wildman–Crippen MR) is 89.4 cm³/mol. The summed E-state index contributed by atoms with van der Waals surface area (Å²) in [5.41, 5.74) is 1.34. The Labute approximate surface area is 144 Å². The van der Waals surface area contributed by atoms with Crippen LogP contribution >= 0.6 is 0 Å². The SMILES string of the molecule is CCOC(=O)c1ccccc1C(=O)OCc1ccc([N+](=O)[O-])c(C)c1. The van der Waals surface area contributed by atoms with E-state index in [0.29, 0.717) is 11.1 Å². The summed E-state index contributed by atoms with van der Waals surface area (Å²) in [7, 11) is 0. The van der Waals surface area contributed by atoms with Crippen LogP contribution in [-0.4, -0.2) is 23.5 Å². The Morgan fingerprint density at radius 1 is 1.04 bits per heavy atom. The van der Waals surface area contributed by atoms with Crippen molar-refractivity contribution in [3.05, 3.63) is 74.8 Å². The Bertz CT molecular complexity index is 815. The highest BCUT2D eigenvalue weighted by Gasteiger charge is 2.19. The van der Waals surface area contributed by atoms with Gasteiger partial charge in [0, 0.05) is 11.6 Å². The van der Waals surface area contributed by atoms with E-state index >= 15 is 0 Å². The molecule has 0 amide bonds. The average Bonchev–Trinajstić information content (AvgIpc) is 2.59. The third-order valence-corrected chi connectivity index (χ3v) is 3.47. The lowest BCUT2D eigenvalue weighted by atomic mass is 10.1. The molecule has 2 aromatic carbocycles. The topological polar surface area (TPSA) is 95.7 Å². The van der Waals surface area contributed by atoms with Gasteiger partial charge in [0.05, 0.1) is 22.7 Å². The van der Waals surface area contributed by atoms with E-state index in [1.54, 1.807) is 32.0 Å². The van der Waals surface area contributed by atoms with Crippen molar-refractivity contribution in [3.63, 3.8) is 0 Å². The van der Waals surface area contributed by atoms with E-state index < -0.39 is 16.9 Å². The standard InChI is InChI=1S/C18H17NO6/c1-3-24-17(20)14-6-4-5-7-15(14)18(21)25-11-13-8-9-16(19(22)23)12(2)10-13/h4-10H,3,11H2,1-2H3. The number of ether oxygens (including phenoxy) is 2. The molecular weight excluding hydrogens is 326 g/mol. The minimum Gasteiger partial charge on any atom is -0.462 e. The monoisotopic (exact) mass is 343 g/mol. The lowest BCUT2D eigenvalue weighted by molar-refractivity contribution is -0.385. The molecule has 7 nitrogen and oxygen atoms in total. The number of benzene rings is 2. The maximum atomic E-state index is 12.3. The summed E-state index contributed by atoms with van der Waals surface area (Å²) in [5.74, 6) is -1.26. The summed E-state index contributed by atoms with van der Waals surface area (Å²) in [4.78, 5) is 34.5. The summed E-state index contributed by atoms with van der Waals surface area (Å²) in [5, 5.41) is 10.8. The highest BCUT2D eigenvalue weighted by atomic mass is 16.6. The fraction of sp³-hybridized carbons (Fsp3) is 0.222. The number of aryl methyl sites for hydroxylation is 1. The fourth-order valence-electron chi connectivity index (χ4n) is 2.29. The first-order chi connectivity index (χ1) is 11.9. The van der Waals surface area contributed by atoms with E-state index in [1.165, 1.54) is 24.3 Å². The number of nitrogens with zero attached hydrogens (tertiary/aromatic N) is 1. The molecule has 0 bridgehead atoms. The van der Waals surface area contributed by atoms with Gasteiger partial charge in [0.1, 0.15) is 6.61 Å². The second-order valence-electron chi connectivity index (χ2n) is 5.22. The van der Waals surface area contributed by atoms with Gasteiger partial charge in [-0.1, -0.05) is 12.1 Å². The third kappa shape index (κ3) is 4.41. The van der Waals surface area contributed by atoms with Crippen LogP contribution < -0.4 is 0 Å². The van der Waals surface area contributed by atoms with Crippen molar-refractivity contribution >= 4 is 17.6 Å². The molecule has 0 heterocycles. The Hall–Kier alpha value is -3.22.